The summed E-state index contributed by atoms with van der Waals surface area (Å²) < 4.78 is 0. The van der Waals surface area contributed by atoms with Crippen molar-refractivity contribution in [3.63, 3.8) is 0 Å². The van der Waals surface area contributed by atoms with Crippen LogP contribution in [-0.2, 0) is 0 Å². The molecule has 0 bridgehead atoms. The monoisotopic (exact) mass is 704 g/mol. The smallest absolute Gasteiger partial charge is 0.0107 e. The molecule has 0 unspecified atom stereocenters. The van der Waals surface area contributed by atoms with E-state index in [0.29, 0.717) is 41.2 Å². The zero-order valence-corrected chi connectivity index (χ0v) is 38.7. The summed E-state index contributed by atoms with van der Waals surface area (Å²) in [5.41, 5.74) is 0. The molecule has 1 rings (SSSR count). The van der Waals surface area contributed by atoms with Crippen LogP contribution in [0.1, 0.15) is 166 Å². The van der Waals surface area contributed by atoms with Gasteiger partial charge in [-0.05, 0) is 69.2 Å². The van der Waals surface area contributed by atoms with E-state index in [4.69, 9.17) is 0 Å². The van der Waals surface area contributed by atoms with E-state index in [9.17, 15) is 0 Å². The average molecular weight is 705 g/mol. The lowest BCUT2D eigenvalue weighted by Gasteiger charge is -2.72. The van der Waals surface area contributed by atoms with Gasteiger partial charge in [-0.25, -0.2) is 0 Å². The van der Waals surface area contributed by atoms with Gasteiger partial charge in [-0.3, -0.25) is 0 Å². The highest BCUT2D eigenvalue weighted by Gasteiger charge is 2.69. The minimum atomic E-state index is -0.0911. The molecule has 0 spiro atoms. The van der Waals surface area contributed by atoms with E-state index in [1.165, 1.54) is 0 Å². The lowest BCUT2D eigenvalue weighted by molar-refractivity contribution is 0.718. The van der Waals surface area contributed by atoms with Gasteiger partial charge in [0.25, 0.3) is 0 Å². The third-order valence-corrected chi connectivity index (χ3v) is 101. The van der Waals surface area contributed by atoms with E-state index in [1.54, 1.807) is 0 Å². The van der Waals surface area contributed by atoms with Gasteiger partial charge in [0.05, 0.1) is 0 Å². The molecule has 0 radical (unpaired) electrons. The maximum atomic E-state index is 2.65. The summed E-state index contributed by atoms with van der Waals surface area (Å²) in [5, 5.41) is 3.24. The van der Waals surface area contributed by atoms with Crippen LogP contribution in [0.3, 0.4) is 0 Å². The molecule has 1 heterocycles. The van der Waals surface area contributed by atoms with Gasteiger partial charge in [-0.1, -0.05) is 197 Å². The Bertz CT molecular complexity index is 633. The molecule has 1 aliphatic rings. The third-order valence-electron chi connectivity index (χ3n) is 6.44. The first-order valence-electron chi connectivity index (χ1n) is 15.4. The minimum absolute atomic E-state index is 0.0309. The van der Waals surface area contributed by atoms with E-state index in [1.807, 2.05) is 0 Å². The van der Waals surface area contributed by atoms with Crippen LogP contribution < -0.4 is 0 Å². The topological polar surface area (TPSA) is 0 Å². The fraction of sp³-hybridized carbons (Fsp3) is 1.00. The Kier molecular flexibility index (Phi) is 13.3. The van der Waals surface area contributed by atoms with Gasteiger partial charge in [0.15, 0.2) is 0 Å². The fourth-order valence-electron chi connectivity index (χ4n) is 7.07. The van der Waals surface area contributed by atoms with Crippen molar-refractivity contribution in [1.29, 1.82) is 0 Å². The van der Waals surface area contributed by atoms with Crippen LogP contribution in [0.2, 0.25) is 0 Å². The van der Waals surface area contributed by atoms with Crippen LogP contribution in [0.25, 0.3) is 0 Å². The SMILES string of the molecule is CC(C)(C)P(P1P(P(C(C)(C)C)C(C)(C)C)P(P(C(C)(C)C)C(C)(C)C)P1P(C(C)(C)C)C(C)(C)C)C(C)(C)C. The molecule has 1 aliphatic heterocycles. The molecule has 0 aromatic rings. The Morgan fingerprint density at radius 3 is 0.325 bits per heavy atom. The summed E-state index contributed by atoms with van der Waals surface area (Å²) in [7, 11) is -0.364. The fourth-order valence-corrected chi connectivity index (χ4v) is 177. The lowest BCUT2D eigenvalue weighted by Crippen LogP contribution is -2.30. The maximum Gasteiger partial charge on any atom is -0.0107 e. The van der Waals surface area contributed by atoms with Crippen molar-refractivity contribution in [2.45, 2.75) is 207 Å². The van der Waals surface area contributed by atoms with Gasteiger partial charge in [0.1, 0.15) is 0 Å². The van der Waals surface area contributed by atoms with Gasteiger partial charge < -0.3 is 0 Å². The second-order valence-corrected chi connectivity index (χ2v) is 65.6. The summed E-state index contributed by atoms with van der Waals surface area (Å²) in [5.74, 6) is 0. The van der Waals surface area contributed by atoms with Crippen molar-refractivity contribution in [2.24, 2.45) is 0 Å². The Hall–Kier alpha value is 3.44. The molecule has 0 saturated carbocycles. The van der Waals surface area contributed by atoms with Crippen molar-refractivity contribution in [1.82, 2.24) is 0 Å². The molecular formula is C32H72P8. The molecule has 0 aromatic carbocycles. The van der Waals surface area contributed by atoms with Crippen molar-refractivity contribution >= 4 is 58.4 Å². The minimum Gasteiger partial charge on any atom is -0.0596 e. The van der Waals surface area contributed by atoms with Gasteiger partial charge >= 0.3 is 0 Å². The molecule has 0 atom stereocenters. The molecule has 40 heavy (non-hydrogen) atoms. The van der Waals surface area contributed by atoms with Crippen molar-refractivity contribution in [3.8, 4) is 0 Å². The van der Waals surface area contributed by atoms with Crippen LogP contribution in [0.5, 0.6) is 0 Å². The van der Waals surface area contributed by atoms with E-state index >= 15 is 0 Å². The largest absolute Gasteiger partial charge is 0.0596 e. The van der Waals surface area contributed by atoms with E-state index in [0.717, 1.165) is 0 Å². The summed E-state index contributed by atoms with van der Waals surface area (Å²) >= 11 is 0. The summed E-state index contributed by atoms with van der Waals surface area (Å²) in [6.07, 6.45) is 0. The van der Waals surface area contributed by atoms with E-state index < -0.39 is 0 Å². The predicted octanol–water partition coefficient (Wildman–Crippen LogP) is 17.6. The predicted molar refractivity (Wildman–Crippen MR) is 213 cm³/mol. The van der Waals surface area contributed by atoms with Crippen LogP contribution >= 0.6 is 58.4 Å². The molecule has 1 saturated heterocycles. The van der Waals surface area contributed by atoms with Crippen LogP contribution in [0, 0.1) is 0 Å². The van der Waals surface area contributed by atoms with Crippen molar-refractivity contribution in [2.75, 3.05) is 0 Å². The first kappa shape index (κ1) is 41.5. The normalized spacial score (nSPS) is 24.9. The summed E-state index contributed by atoms with van der Waals surface area (Å²) in [6.45, 7) is 63.7. The Morgan fingerprint density at radius 2 is 0.275 bits per heavy atom. The quantitative estimate of drug-likeness (QED) is 0.256. The number of rotatable bonds is 4. The van der Waals surface area contributed by atoms with Crippen LogP contribution in [-0.4, -0.2) is 41.2 Å². The van der Waals surface area contributed by atoms with E-state index in [-0.39, 0.29) is 58.4 Å². The molecular weight excluding hydrogens is 632 g/mol. The molecule has 240 valence electrons. The van der Waals surface area contributed by atoms with Gasteiger partial charge in [-0.15, -0.1) is 0 Å². The van der Waals surface area contributed by atoms with E-state index in [2.05, 4.69) is 166 Å². The molecule has 0 N–H and O–H groups in total. The van der Waals surface area contributed by atoms with Crippen molar-refractivity contribution < 1.29 is 0 Å². The number of hydrogen-bond donors (Lipinski definition) is 0. The third kappa shape index (κ3) is 9.73. The Labute approximate surface area is 264 Å². The molecule has 8 heteroatoms. The van der Waals surface area contributed by atoms with Crippen LogP contribution in [0.15, 0.2) is 0 Å². The molecule has 1 fully saturated rings. The standard InChI is InChI=1S/C32H72P8/c1-25(2,3)33(26(4,5)6)37-38(34(27(7,8)9)28(10,11)12)40(36(31(19,20)21)32(22,23)24)39(37)35(29(13,14)15)30(16,17)18/h1-24H3. The first-order valence-corrected chi connectivity index (χ1v) is 31.8. The summed E-state index contributed by atoms with van der Waals surface area (Å²) in [6, 6.07) is 0. The van der Waals surface area contributed by atoms with Gasteiger partial charge in [0.2, 0.25) is 0 Å². The highest BCUT2D eigenvalue weighted by atomic mass is 33.4. The first-order chi connectivity index (χ1) is 17.0. The van der Waals surface area contributed by atoms with Gasteiger partial charge in [-0.2, -0.15) is 0 Å². The van der Waals surface area contributed by atoms with Crippen molar-refractivity contribution in [3.05, 3.63) is 0 Å². The molecule has 0 aliphatic carbocycles. The highest BCUT2D eigenvalue weighted by Crippen LogP contribution is 3.43. The highest BCUT2D eigenvalue weighted by molar-refractivity contribution is 9.39. The zero-order chi connectivity index (χ0) is 32.6. The zero-order valence-electron chi connectivity index (χ0n) is 31.6. The average Bonchev–Trinajstić information content (AvgIpc) is 2.52. The van der Waals surface area contributed by atoms with Crippen LogP contribution in [0.4, 0.5) is 0 Å². The Morgan fingerprint density at radius 1 is 0.200 bits per heavy atom. The lowest BCUT2D eigenvalue weighted by atomic mass is 10.2. The maximum absolute atomic E-state index is 2.65. The molecule has 0 aromatic heterocycles. The second-order valence-electron chi connectivity index (χ2n) is 19.7. The molecule has 0 amide bonds. The second kappa shape index (κ2) is 12.8. The Balaban J connectivity index is 4.46. The number of hydrogen-bond acceptors (Lipinski definition) is 0. The van der Waals surface area contributed by atoms with Gasteiger partial charge in [0, 0.05) is 0 Å². The molecule has 0 nitrogen and oxygen atoms in total. The summed E-state index contributed by atoms with van der Waals surface area (Å²) in [4.78, 5) is 0.